The van der Waals surface area contributed by atoms with Gasteiger partial charge in [0.25, 0.3) is 0 Å². The fraction of sp³-hybridized carbons (Fsp3) is 0.455. The topological polar surface area (TPSA) is 63.6 Å². The summed E-state index contributed by atoms with van der Waals surface area (Å²) in [5.74, 6) is -0.271. The van der Waals surface area contributed by atoms with E-state index in [-0.39, 0.29) is 5.97 Å². The van der Waals surface area contributed by atoms with Crippen LogP contribution in [0.2, 0.25) is 0 Å². The molecule has 0 aliphatic carbocycles. The van der Waals surface area contributed by atoms with Crippen LogP contribution in [-0.4, -0.2) is 30.6 Å². The number of aldehydes is 1. The van der Waals surface area contributed by atoms with Gasteiger partial charge >= 0.3 is 5.97 Å². The Hall–Kier alpha value is -1.42. The third-order valence-corrected chi connectivity index (χ3v) is 1.74. The maximum atomic E-state index is 10.7. The molecule has 0 saturated heterocycles. The number of carbonyl (C=O) groups is 2. The zero-order valence-corrected chi connectivity index (χ0v) is 8.76. The van der Waals surface area contributed by atoms with Gasteiger partial charge in [0, 0.05) is 6.42 Å². The number of carbonyl (C=O) groups excluding carboxylic acids is 2. The van der Waals surface area contributed by atoms with E-state index in [0.717, 1.165) is 0 Å². The summed E-state index contributed by atoms with van der Waals surface area (Å²) in [6.45, 7) is 0. The number of methoxy groups -OCH3 is 1. The molecule has 0 aliphatic heterocycles. The molecule has 0 bridgehead atoms. The summed E-state index contributed by atoms with van der Waals surface area (Å²) in [7, 11) is 1.34. The standard InChI is InChI=1S/C11H16O4/c1-15-11(14)8-5-7-10(13)6-3-2-4-9-12/h2-4,6,9-10,13H,5,7-8H2,1H3/b4-2-,6-3+. The SMILES string of the molecule is COC(=O)CCCC(O)/C=C/C=C\C=O. The molecule has 4 heteroatoms. The molecule has 0 aromatic carbocycles. The molecule has 0 amide bonds. The third-order valence-electron chi connectivity index (χ3n) is 1.74. The van der Waals surface area contributed by atoms with Gasteiger partial charge in [-0.2, -0.15) is 0 Å². The number of hydrogen-bond donors (Lipinski definition) is 1. The molecule has 0 rings (SSSR count). The van der Waals surface area contributed by atoms with E-state index < -0.39 is 6.10 Å². The largest absolute Gasteiger partial charge is 0.469 e. The van der Waals surface area contributed by atoms with Gasteiger partial charge in [-0.3, -0.25) is 9.59 Å². The summed E-state index contributed by atoms with van der Waals surface area (Å²) in [4.78, 5) is 20.6. The zero-order chi connectivity index (χ0) is 11.5. The third kappa shape index (κ3) is 8.90. The maximum Gasteiger partial charge on any atom is 0.305 e. The van der Waals surface area contributed by atoms with Gasteiger partial charge in [0.1, 0.15) is 6.29 Å². The van der Waals surface area contributed by atoms with Crippen LogP contribution in [-0.2, 0) is 14.3 Å². The number of ether oxygens (including phenoxy) is 1. The molecule has 0 radical (unpaired) electrons. The van der Waals surface area contributed by atoms with Gasteiger partial charge in [0.2, 0.25) is 0 Å². The molecule has 0 aromatic rings. The van der Waals surface area contributed by atoms with Crippen molar-refractivity contribution in [3.8, 4) is 0 Å². The number of rotatable bonds is 7. The zero-order valence-electron chi connectivity index (χ0n) is 8.76. The quantitative estimate of drug-likeness (QED) is 0.296. The van der Waals surface area contributed by atoms with Crippen molar-refractivity contribution < 1.29 is 19.4 Å². The van der Waals surface area contributed by atoms with Gasteiger partial charge < -0.3 is 9.84 Å². The Labute approximate surface area is 89.2 Å². The summed E-state index contributed by atoms with van der Waals surface area (Å²) in [6, 6.07) is 0. The second kappa shape index (κ2) is 9.15. The van der Waals surface area contributed by atoms with Crippen molar-refractivity contribution in [1.29, 1.82) is 0 Å². The van der Waals surface area contributed by atoms with Crippen LogP contribution in [0.15, 0.2) is 24.3 Å². The molecule has 1 N–H and O–H groups in total. The number of hydrogen-bond acceptors (Lipinski definition) is 4. The Morgan fingerprint density at radius 2 is 2.13 bits per heavy atom. The summed E-state index contributed by atoms with van der Waals surface area (Å²) < 4.78 is 4.46. The summed E-state index contributed by atoms with van der Waals surface area (Å²) >= 11 is 0. The Bertz CT molecular complexity index is 243. The first-order valence-corrected chi connectivity index (χ1v) is 4.74. The highest BCUT2D eigenvalue weighted by Gasteiger charge is 2.02. The Morgan fingerprint density at radius 3 is 2.73 bits per heavy atom. The highest BCUT2D eigenvalue weighted by atomic mass is 16.5. The smallest absolute Gasteiger partial charge is 0.305 e. The predicted octanol–water partition coefficient (Wildman–Crippen LogP) is 1.00. The molecule has 0 fully saturated rings. The van der Waals surface area contributed by atoms with Crippen LogP contribution in [0.4, 0.5) is 0 Å². The van der Waals surface area contributed by atoms with Gasteiger partial charge in [-0.15, -0.1) is 0 Å². The number of aliphatic hydroxyl groups excluding tert-OH is 1. The lowest BCUT2D eigenvalue weighted by Gasteiger charge is -2.03. The minimum atomic E-state index is -0.592. The molecule has 1 unspecified atom stereocenters. The van der Waals surface area contributed by atoms with Gasteiger partial charge in [0.05, 0.1) is 13.2 Å². The van der Waals surface area contributed by atoms with Gasteiger partial charge in [-0.05, 0) is 18.9 Å². The highest BCUT2D eigenvalue weighted by Crippen LogP contribution is 2.03. The molecule has 84 valence electrons. The Morgan fingerprint density at radius 1 is 1.40 bits per heavy atom. The van der Waals surface area contributed by atoms with Crippen LogP contribution in [0.3, 0.4) is 0 Å². The van der Waals surface area contributed by atoms with E-state index in [2.05, 4.69) is 4.74 Å². The van der Waals surface area contributed by atoms with Crippen LogP contribution in [0.25, 0.3) is 0 Å². The lowest BCUT2D eigenvalue weighted by molar-refractivity contribution is -0.140. The van der Waals surface area contributed by atoms with Crippen molar-refractivity contribution in [2.24, 2.45) is 0 Å². The average molecular weight is 212 g/mol. The number of aliphatic hydroxyl groups is 1. The van der Waals surface area contributed by atoms with Crippen molar-refractivity contribution in [2.45, 2.75) is 25.4 Å². The second-order valence-corrected chi connectivity index (χ2v) is 2.94. The van der Waals surface area contributed by atoms with E-state index >= 15 is 0 Å². The van der Waals surface area contributed by atoms with E-state index in [1.807, 2.05) is 0 Å². The predicted molar refractivity (Wildman–Crippen MR) is 56.2 cm³/mol. The van der Waals surface area contributed by atoms with Gasteiger partial charge in [0.15, 0.2) is 0 Å². The van der Waals surface area contributed by atoms with E-state index in [0.29, 0.717) is 25.5 Å². The van der Waals surface area contributed by atoms with Gasteiger partial charge in [-0.1, -0.05) is 18.2 Å². The fourth-order valence-electron chi connectivity index (χ4n) is 0.956. The first kappa shape index (κ1) is 13.6. The second-order valence-electron chi connectivity index (χ2n) is 2.94. The summed E-state index contributed by atoms with van der Waals surface area (Å²) in [5.41, 5.74) is 0. The fourth-order valence-corrected chi connectivity index (χ4v) is 0.956. The van der Waals surface area contributed by atoms with Crippen LogP contribution in [0, 0.1) is 0 Å². The minimum absolute atomic E-state index is 0.271. The molecule has 0 aliphatic rings. The number of allylic oxidation sites excluding steroid dienone is 3. The van der Waals surface area contributed by atoms with Crippen molar-refractivity contribution in [3.05, 3.63) is 24.3 Å². The number of esters is 1. The first-order chi connectivity index (χ1) is 7.20. The molecule has 15 heavy (non-hydrogen) atoms. The molecular weight excluding hydrogens is 196 g/mol. The lowest BCUT2D eigenvalue weighted by atomic mass is 10.1. The maximum absolute atomic E-state index is 10.7. The monoisotopic (exact) mass is 212 g/mol. The molecular formula is C11H16O4. The Balaban J connectivity index is 3.60. The first-order valence-electron chi connectivity index (χ1n) is 4.74. The molecule has 0 aromatic heterocycles. The van der Waals surface area contributed by atoms with E-state index in [1.165, 1.54) is 19.3 Å². The normalized spacial score (nSPS) is 13.2. The molecule has 0 heterocycles. The highest BCUT2D eigenvalue weighted by molar-refractivity contribution is 5.69. The van der Waals surface area contributed by atoms with E-state index in [9.17, 15) is 14.7 Å². The molecule has 0 spiro atoms. The minimum Gasteiger partial charge on any atom is -0.469 e. The van der Waals surface area contributed by atoms with Gasteiger partial charge in [-0.25, -0.2) is 0 Å². The molecule has 4 nitrogen and oxygen atoms in total. The molecule has 1 atom stereocenters. The van der Waals surface area contributed by atoms with Crippen molar-refractivity contribution in [2.75, 3.05) is 7.11 Å². The van der Waals surface area contributed by atoms with Crippen LogP contribution >= 0.6 is 0 Å². The van der Waals surface area contributed by atoms with E-state index in [1.54, 1.807) is 12.2 Å². The van der Waals surface area contributed by atoms with Crippen LogP contribution in [0.5, 0.6) is 0 Å². The lowest BCUT2D eigenvalue weighted by Crippen LogP contribution is -2.05. The van der Waals surface area contributed by atoms with Crippen LogP contribution in [0.1, 0.15) is 19.3 Å². The average Bonchev–Trinajstić information content (AvgIpc) is 2.24. The summed E-state index contributed by atoms with van der Waals surface area (Å²) in [5, 5.41) is 9.37. The molecule has 0 saturated carbocycles. The van der Waals surface area contributed by atoms with Crippen LogP contribution < -0.4 is 0 Å². The van der Waals surface area contributed by atoms with Crippen molar-refractivity contribution in [3.63, 3.8) is 0 Å². The van der Waals surface area contributed by atoms with Crippen molar-refractivity contribution >= 4 is 12.3 Å². The Kier molecular flexibility index (Phi) is 8.28. The van der Waals surface area contributed by atoms with E-state index in [4.69, 9.17) is 0 Å². The van der Waals surface area contributed by atoms with Crippen molar-refractivity contribution in [1.82, 2.24) is 0 Å². The summed E-state index contributed by atoms with van der Waals surface area (Å²) in [6.07, 6.45) is 7.49.